The van der Waals surface area contributed by atoms with Gasteiger partial charge >= 0.3 is 0 Å². The number of benzene rings is 1. The highest BCUT2D eigenvalue weighted by Crippen LogP contribution is 2.51. The van der Waals surface area contributed by atoms with Gasteiger partial charge in [-0.1, -0.05) is 30.3 Å². The van der Waals surface area contributed by atoms with Crippen LogP contribution in [0, 0.1) is 6.92 Å². The predicted octanol–water partition coefficient (Wildman–Crippen LogP) is 2.87. The van der Waals surface area contributed by atoms with Crippen molar-refractivity contribution in [1.82, 2.24) is 19.8 Å². The monoisotopic (exact) mass is 451 g/mol. The first-order chi connectivity index (χ1) is 15.8. The summed E-state index contributed by atoms with van der Waals surface area (Å²) in [7, 11) is 4.36. The lowest BCUT2D eigenvalue weighted by Gasteiger charge is -2.53. The van der Waals surface area contributed by atoms with Crippen molar-refractivity contribution in [1.29, 1.82) is 0 Å². The number of aliphatic hydroxyl groups excluding tert-OH is 1. The summed E-state index contributed by atoms with van der Waals surface area (Å²) in [5.74, 6) is 0.721. The van der Waals surface area contributed by atoms with Crippen LogP contribution in [0.1, 0.15) is 56.3 Å². The molecule has 1 atom stereocenters. The summed E-state index contributed by atoms with van der Waals surface area (Å²) in [5, 5.41) is 22.6. The number of aryl methyl sites for hydroxylation is 1. The Morgan fingerprint density at radius 3 is 2.18 bits per heavy atom. The van der Waals surface area contributed by atoms with Gasteiger partial charge in [-0.2, -0.15) is 0 Å². The lowest BCUT2D eigenvalue weighted by molar-refractivity contribution is -0.124. The maximum Gasteiger partial charge on any atom is 0.187 e. The first-order valence-electron chi connectivity index (χ1n) is 12.2. The zero-order valence-corrected chi connectivity index (χ0v) is 20.1. The normalized spacial score (nSPS) is 31.8. The summed E-state index contributed by atoms with van der Waals surface area (Å²) in [6.07, 6.45) is 9.41. The van der Waals surface area contributed by atoms with Crippen LogP contribution in [-0.4, -0.2) is 74.7 Å². The standard InChI is InChI=1S/C26H37N5O2/c1-20-27-16-22(17-28-20)30-18-24(31(23(30)32)19-25(33)10-7-11-25)12-14-26(15-13-24,29(2)3)21-8-5-4-6-9-21/h4-6,8-9,16-17,23,32-33H,7,10-15,18-19H2,1-3H3/t23?,24-,26+. The molecule has 0 bridgehead atoms. The summed E-state index contributed by atoms with van der Waals surface area (Å²) >= 11 is 0. The largest absolute Gasteiger partial charge is 0.389 e. The lowest BCUT2D eigenvalue weighted by Crippen LogP contribution is -2.60. The highest BCUT2D eigenvalue weighted by atomic mass is 16.3. The van der Waals surface area contributed by atoms with Crippen LogP contribution >= 0.6 is 0 Å². The van der Waals surface area contributed by atoms with Crippen LogP contribution in [0.3, 0.4) is 0 Å². The summed E-state index contributed by atoms with van der Waals surface area (Å²) < 4.78 is 0. The van der Waals surface area contributed by atoms with Gasteiger partial charge in [0.25, 0.3) is 0 Å². The molecule has 1 unspecified atom stereocenters. The number of hydrogen-bond donors (Lipinski definition) is 2. The lowest BCUT2D eigenvalue weighted by atomic mass is 9.67. The molecule has 1 aliphatic heterocycles. The number of anilines is 1. The number of aromatic nitrogens is 2. The minimum atomic E-state index is -0.787. The Kier molecular flexibility index (Phi) is 5.72. The Labute approximate surface area is 197 Å². The number of hydrogen-bond acceptors (Lipinski definition) is 7. The second-order valence-electron chi connectivity index (χ2n) is 10.7. The van der Waals surface area contributed by atoms with Gasteiger partial charge in [-0.05, 0) is 71.5 Å². The van der Waals surface area contributed by atoms with E-state index in [9.17, 15) is 10.2 Å². The summed E-state index contributed by atoms with van der Waals surface area (Å²) in [5.41, 5.74) is 1.30. The van der Waals surface area contributed by atoms with Crippen LogP contribution in [0.2, 0.25) is 0 Å². The molecule has 2 aliphatic carbocycles. The average Bonchev–Trinajstić information content (AvgIpc) is 3.06. The number of aliphatic hydroxyl groups is 2. The molecular formula is C26H37N5O2. The second-order valence-corrected chi connectivity index (χ2v) is 10.7. The van der Waals surface area contributed by atoms with Crippen LogP contribution in [0.5, 0.6) is 0 Å². The number of rotatable bonds is 5. The molecule has 2 N–H and O–H groups in total. The zero-order valence-electron chi connectivity index (χ0n) is 20.1. The summed E-state index contributed by atoms with van der Waals surface area (Å²) in [6, 6.07) is 10.8. The summed E-state index contributed by atoms with van der Waals surface area (Å²) in [4.78, 5) is 15.3. The molecule has 2 aromatic rings. The van der Waals surface area contributed by atoms with E-state index in [-0.39, 0.29) is 11.1 Å². The van der Waals surface area contributed by atoms with Gasteiger partial charge in [0.15, 0.2) is 6.35 Å². The van der Waals surface area contributed by atoms with E-state index >= 15 is 0 Å². The van der Waals surface area contributed by atoms with Gasteiger partial charge in [0.05, 0.1) is 23.7 Å². The van der Waals surface area contributed by atoms with Gasteiger partial charge in [0, 0.05) is 24.2 Å². The van der Waals surface area contributed by atoms with E-state index < -0.39 is 12.0 Å². The molecule has 3 fully saturated rings. The van der Waals surface area contributed by atoms with Crippen LogP contribution in [-0.2, 0) is 5.54 Å². The topological polar surface area (TPSA) is 76.0 Å². The van der Waals surface area contributed by atoms with E-state index in [2.05, 4.69) is 64.2 Å². The molecule has 1 spiro atoms. The molecule has 178 valence electrons. The molecule has 3 aliphatic rings. The highest BCUT2D eigenvalue weighted by molar-refractivity contribution is 5.45. The van der Waals surface area contributed by atoms with Crippen molar-refractivity contribution in [3.8, 4) is 0 Å². The van der Waals surface area contributed by atoms with E-state index in [1.807, 2.05) is 11.8 Å². The molecule has 7 nitrogen and oxygen atoms in total. The fourth-order valence-electron chi connectivity index (χ4n) is 6.29. The van der Waals surface area contributed by atoms with Gasteiger partial charge < -0.3 is 15.1 Å². The van der Waals surface area contributed by atoms with E-state index in [4.69, 9.17) is 0 Å². The molecule has 1 aromatic heterocycles. The van der Waals surface area contributed by atoms with Crippen molar-refractivity contribution in [2.45, 2.75) is 74.9 Å². The molecule has 5 rings (SSSR count). The predicted molar refractivity (Wildman–Crippen MR) is 129 cm³/mol. The molecule has 0 amide bonds. The van der Waals surface area contributed by atoms with Crippen LogP contribution < -0.4 is 4.90 Å². The third-order valence-electron chi connectivity index (χ3n) is 8.65. The number of nitrogens with zero attached hydrogens (tertiary/aromatic N) is 5. The average molecular weight is 452 g/mol. The molecule has 1 saturated heterocycles. The van der Waals surface area contributed by atoms with Crippen molar-refractivity contribution < 1.29 is 10.2 Å². The smallest absolute Gasteiger partial charge is 0.187 e. The van der Waals surface area contributed by atoms with E-state index in [0.717, 1.165) is 63.0 Å². The SMILES string of the molecule is Cc1ncc(N2C[C@]3(CC[C@](c4ccccc4)(N(C)C)CC3)N(CC3(O)CCC3)C2O)cn1. The zero-order chi connectivity index (χ0) is 23.3. The molecular weight excluding hydrogens is 414 g/mol. The quantitative estimate of drug-likeness (QED) is 0.724. The third-order valence-corrected chi connectivity index (χ3v) is 8.65. The molecule has 1 aromatic carbocycles. The molecule has 2 heterocycles. The maximum absolute atomic E-state index is 11.5. The first kappa shape index (κ1) is 22.7. The Hall–Kier alpha value is -2.06. The Balaban J connectivity index is 1.46. The number of β-amino-alcohol motifs (C(OH)–C–C–N with tert-alkyl or cyclic N) is 1. The van der Waals surface area contributed by atoms with Crippen LogP contribution in [0.15, 0.2) is 42.7 Å². The van der Waals surface area contributed by atoms with Gasteiger partial charge in [-0.25, -0.2) is 9.97 Å². The first-order valence-corrected chi connectivity index (χ1v) is 12.2. The highest BCUT2D eigenvalue weighted by Gasteiger charge is 2.56. The van der Waals surface area contributed by atoms with E-state index in [1.165, 1.54) is 5.56 Å². The van der Waals surface area contributed by atoms with Gasteiger partial charge in [-0.3, -0.25) is 9.80 Å². The fourth-order valence-corrected chi connectivity index (χ4v) is 6.29. The molecule has 33 heavy (non-hydrogen) atoms. The summed E-state index contributed by atoms with van der Waals surface area (Å²) in [6.45, 7) is 3.10. The fraction of sp³-hybridized carbons (Fsp3) is 0.615. The molecule has 0 radical (unpaired) electrons. The maximum atomic E-state index is 11.5. The van der Waals surface area contributed by atoms with Crippen LogP contribution in [0.4, 0.5) is 5.69 Å². The third kappa shape index (κ3) is 3.85. The van der Waals surface area contributed by atoms with Gasteiger partial charge in [-0.15, -0.1) is 0 Å². The molecule has 2 saturated carbocycles. The van der Waals surface area contributed by atoms with Crippen molar-refractivity contribution in [3.63, 3.8) is 0 Å². The second kappa shape index (κ2) is 8.31. The molecule has 7 heteroatoms. The van der Waals surface area contributed by atoms with Gasteiger partial charge in [0.1, 0.15) is 5.82 Å². The van der Waals surface area contributed by atoms with Gasteiger partial charge in [0.2, 0.25) is 0 Å². The minimum Gasteiger partial charge on any atom is -0.389 e. The van der Waals surface area contributed by atoms with Crippen molar-refractivity contribution in [3.05, 3.63) is 54.1 Å². The Bertz CT molecular complexity index is 952. The van der Waals surface area contributed by atoms with E-state index in [0.29, 0.717) is 6.54 Å². The Morgan fingerprint density at radius 1 is 1.00 bits per heavy atom. The van der Waals surface area contributed by atoms with Crippen molar-refractivity contribution in [2.75, 3.05) is 32.1 Å². The van der Waals surface area contributed by atoms with Crippen molar-refractivity contribution in [2.24, 2.45) is 0 Å². The van der Waals surface area contributed by atoms with Crippen molar-refractivity contribution >= 4 is 5.69 Å². The van der Waals surface area contributed by atoms with Crippen LogP contribution in [0.25, 0.3) is 0 Å². The van der Waals surface area contributed by atoms with E-state index in [1.54, 1.807) is 12.4 Å². The Morgan fingerprint density at radius 2 is 1.64 bits per heavy atom. The minimum absolute atomic E-state index is 0.0170.